The lowest BCUT2D eigenvalue weighted by Crippen LogP contribution is -2.11. The lowest BCUT2D eigenvalue weighted by Gasteiger charge is -2.08. The number of hydrogen-bond acceptors (Lipinski definition) is 2. The van der Waals surface area contributed by atoms with Crippen LogP contribution in [0.5, 0.6) is 5.75 Å². The van der Waals surface area contributed by atoms with Crippen molar-refractivity contribution in [2.45, 2.75) is 6.92 Å². The van der Waals surface area contributed by atoms with Crippen LogP contribution in [0.25, 0.3) is 0 Å². The summed E-state index contributed by atoms with van der Waals surface area (Å²) in [6, 6.07) is 12.6. The zero-order valence-corrected chi connectivity index (χ0v) is 13.7. The van der Waals surface area contributed by atoms with Gasteiger partial charge in [0, 0.05) is 14.8 Å². The van der Waals surface area contributed by atoms with Crippen LogP contribution in [0.1, 0.15) is 17.3 Å². The first-order chi connectivity index (χ1) is 9.60. The number of carbonyl (C=O) groups excluding carboxylic acids is 1. The highest BCUT2D eigenvalue weighted by molar-refractivity contribution is 14.1. The molecule has 0 aliphatic carbocycles. The first-order valence-corrected chi connectivity index (χ1v) is 7.55. The Balaban J connectivity index is 2.13. The SMILES string of the molecule is CCOc1ccc(C(=O)Nc2ccc(I)cc2)cc1Cl. The Bertz CT molecular complexity index is 614. The van der Waals surface area contributed by atoms with Crippen LogP contribution in [-0.4, -0.2) is 12.5 Å². The molecule has 0 bridgehead atoms. The van der Waals surface area contributed by atoms with E-state index < -0.39 is 0 Å². The molecule has 0 spiro atoms. The lowest BCUT2D eigenvalue weighted by atomic mass is 10.2. The number of benzene rings is 2. The molecule has 3 nitrogen and oxygen atoms in total. The van der Waals surface area contributed by atoms with Crippen LogP contribution >= 0.6 is 34.2 Å². The molecule has 0 unspecified atom stereocenters. The average molecular weight is 402 g/mol. The normalized spacial score (nSPS) is 10.2. The largest absolute Gasteiger partial charge is 0.492 e. The third kappa shape index (κ3) is 3.86. The summed E-state index contributed by atoms with van der Waals surface area (Å²) >= 11 is 8.28. The summed E-state index contributed by atoms with van der Waals surface area (Å²) < 4.78 is 6.45. The summed E-state index contributed by atoms with van der Waals surface area (Å²) in [7, 11) is 0. The fourth-order valence-electron chi connectivity index (χ4n) is 1.65. The van der Waals surface area contributed by atoms with E-state index in [0.29, 0.717) is 22.9 Å². The molecule has 1 N–H and O–H groups in total. The highest BCUT2D eigenvalue weighted by atomic mass is 127. The van der Waals surface area contributed by atoms with Gasteiger partial charge in [-0.15, -0.1) is 0 Å². The third-order valence-electron chi connectivity index (χ3n) is 2.60. The van der Waals surface area contributed by atoms with Gasteiger partial charge >= 0.3 is 0 Å². The Morgan fingerprint density at radius 2 is 1.95 bits per heavy atom. The van der Waals surface area contributed by atoms with E-state index >= 15 is 0 Å². The standard InChI is InChI=1S/C15H13ClINO2/c1-2-20-14-8-3-10(9-13(14)16)15(19)18-12-6-4-11(17)5-7-12/h3-9H,2H2,1H3,(H,18,19). The second-order valence-corrected chi connectivity index (χ2v) is 5.69. The molecule has 0 saturated carbocycles. The zero-order valence-electron chi connectivity index (χ0n) is 10.8. The van der Waals surface area contributed by atoms with Crippen molar-refractivity contribution < 1.29 is 9.53 Å². The second kappa shape index (κ2) is 6.95. The van der Waals surface area contributed by atoms with E-state index in [2.05, 4.69) is 27.9 Å². The first kappa shape index (κ1) is 15.1. The Morgan fingerprint density at radius 1 is 1.25 bits per heavy atom. The molecule has 20 heavy (non-hydrogen) atoms. The minimum atomic E-state index is -0.198. The monoisotopic (exact) mass is 401 g/mol. The molecule has 0 fully saturated rings. The van der Waals surface area contributed by atoms with Crippen LogP contribution in [0.3, 0.4) is 0 Å². The first-order valence-electron chi connectivity index (χ1n) is 6.09. The predicted octanol–water partition coefficient (Wildman–Crippen LogP) is 4.60. The molecule has 0 aliphatic rings. The van der Waals surface area contributed by atoms with Gasteiger partial charge in [0.05, 0.1) is 11.6 Å². The number of amides is 1. The highest BCUT2D eigenvalue weighted by Gasteiger charge is 2.09. The van der Waals surface area contributed by atoms with Crippen LogP contribution in [0.15, 0.2) is 42.5 Å². The quantitative estimate of drug-likeness (QED) is 0.761. The summed E-state index contributed by atoms with van der Waals surface area (Å²) in [5.41, 5.74) is 1.25. The Hall–Kier alpha value is -1.27. The molecule has 5 heteroatoms. The predicted molar refractivity (Wildman–Crippen MR) is 89.7 cm³/mol. The minimum absolute atomic E-state index is 0.198. The fourth-order valence-corrected chi connectivity index (χ4v) is 2.25. The van der Waals surface area contributed by atoms with Gasteiger partial charge in [-0.2, -0.15) is 0 Å². The summed E-state index contributed by atoms with van der Waals surface area (Å²) in [6.45, 7) is 2.42. The van der Waals surface area contributed by atoms with Gasteiger partial charge in [-0.25, -0.2) is 0 Å². The smallest absolute Gasteiger partial charge is 0.255 e. The van der Waals surface area contributed by atoms with Crippen LogP contribution < -0.4 is 10.1 Å². The summed E-state index contributed by atoms with van der Waals surface area (Å²) in [5, 5.41) is 3.25. The Morgan fingerprint density at radius 3 is 2.55 bits per heavy atom. The maximum absolute atomic E-state index is 12.1. The van der Waals surface area contributed by atoms with Crippen molar-refractivity contribution in [1.29, 1.82) is 0 Å². The van der Waals surface area contributed by atoms with E-state index in [9.17, 15) is 4.79 Å². The maximum atomic E-state index is 12.1. The number of halogens is 2. The number of carbonyl (C=O) groups is 1. The molecule has 2 aromatic carbocycles. The van der Waals surface area contributed by atoms with E-state index in [1.165, 1.54) is 0 Å². The van der Waals surface area contributed by atoms with E-state index in [-0.39, 0.29) is 5.91 Å². The molecule has 104 valence electrons. The summed E-state index contributed by atoms with van der Waals surface area (Å²) in [6.07, 6.45) is 0. The van der Waals surface area contributed by atoms with Gasteiger partial charge in [-0.05, 0) is 72.0 Å². The molecule has 0 atom stereocenters. The van der Waals surface area contributed by atoms with Gasteiger partial charge in [0.15, 0.2) is 0 Å². The van der Waals surface area contributed by atoms with Gasteiger partial charge in [0.1, 0.15) is 5.75 Å². The van der Waals surface area contributed by atoms with Crippen molar-refractivity contribution in [3.05, 3.63) is 56.6 Å². The number of ether oxygens (including phenoxy) is 1. The number of rotatable bonds is 4. The number of anilines is 1. The molecule has 0 saturated heterocycles. The number of hydrogen-bond donors (Lipinski definition) is 1. The fraction of sp³-hybridized carbons (Fsp3) is 0.133. The van der Waals surface area contributed by atoms with Crippen LogP contribution in [0.2, 0.25) is 5.02 Å². The average Bonchev–Trinajstić information content (AvgIpc) is 2.44. The van der Waals surface area contributed by atoms with Crippen LogP contribution in [0, 0.1) is 3.57 Å². The molecule has 0 heterocycles. The maximum Gasteiger partial charge on any atom is 0.255 e. The van der Waals surface area contributed by atoms with Crippen molar-refractivity contribution in [2.24, 2.45) is 0 Å². The molecule has 0 aromatic heterocycles. The zero-order chi connectivity index (χ0) is 14.5. The van der Waals surface area contributed by atoms with E-state index in [1.807, 2.05) is 31.2 Å². The van der Waals surface area contributed by atoms with Crippen molar-refractivity contribution in [1.82, 2.24) is 0 Å². The summed E-state index contributed by atoms with van der Waals surface area (Å²) in [5.74, 6) is 0.385. The molecule has 1 amide bonds. The molecular weight excluding hydrogens is 389 g/mol. The van der Waals surface area contributed by atoms with Gasteiger partial charge in [-0.1, -0.05) is 11.6 Å². The van der Waals surface area contributed by atoms with E-state index in [0.717, 1.165) is 9.26 Å². The van der Waals surface area contributed by atoms with Gasteiger partial charge in [0.25, 0.3) is 5.91 Å². The minimum Gasteiger partial charge on any atom is -0.492 e. The van der Waals surface area contributed by atoms with Gasteiger partial charge in [-0.3, -0.25) is 4.79 Å². The number of nitrogens with one attached hydrogen (secondary N) is 1. The Labute approximate surface area is 136 Å². The highest BCUT2D eigenvalue weighted by Crippen LogP contribution is 2.25. The molecule has 2 rings (SSSR count). The van der Waals surface area contributed by atoms with Crippen LogP contribution in [-0.2, 0) is 0 Å². The molecular formula is C15H13ClINO2. The van der Waals surface area contributed by atoms with Crippen molar-refractivity contribution in [3.63, 3.8) is 0 Å². The summed E-state index contributed by atoms with van der Waals surface area (Å²) in [4.78, 5) is 12.1. The van der Waals surface area contributed by atoms with Crippen molar-refractivity contribution >= 4 is 45.8 Å². The van der Waals surface area contributed by atoms with E-state index in [4.69, 9.17) is 16.3 Å². The van der Waals surface area contributed by atoms with Gasteiger partial charge in [0.2, 0.25) is 0 Å². The third-order valence-corrected chi connectivity index (χ3v) is 3.61. The lowest BCUT2D eigenvalue weighted by molar-refractivity contribution is 0.102. The second-order valence-electron chi connectivity index (χ2n) is 4.04. The topological polar surface area (TPSA) is 38.3 Å². The molecule has 0 radical (unpaired) electrons. The molecule has 2 aromatic rings. The van der Waals surface area contributed by atoms with Crippen LogP contribution in [0.4, 0.5) is 5.69 Å². The van der Waals surface area contributed by atoms with E-state index in [1.54, 1.807) is 18.2 Å². The van der Waals surface area contributed by atoms with Gasteiger partial charge < -0.3 is 10.1 Å². The van der Waals surface area contributed by atoms with Crippen molar-refractivity contribution in [2.75, 3.05) is 11.9 Å². The Kier molecular flexibility index (Phi) is 5.25. The van der Waals surface area contributed by atoms with Crippen molar-refractivity contribution in [3.8, 4) is 5.75 Å². The molecule has 0 aliphatic heterocycles.